The molecule has 0 saturated carbocycles. The van der Waals surface area contributed by atoms with E-state index in [2.05, 4.69) is 0 Å². The summed E-state index contributed by atoms with van der Waals surface area (Å²) >= 11 is 0. The van der Waals surface area contributed by atoms with Gasteiger partial charge in [-0.3, -0.25) is 0 Å². The minimum atomic E-state index is -7.06. The minimum Gasteiger partial charge on any atom is -0.767 e. The number of aromatic nitrogens is 1. The summed E-state index contributed by atoms with van der Waals surface area (Å²) in [5.74, 6) is -0.976. The van der Waals surface area contributed by atoms with Gasteiger partial charge in [0, 0.05) is 59.5 Å². The number of nitrogens with zero attached hydrogens (tertiary/aromatic N) is 2. The summed E-state index contributed by atoms with van der Waals surface area (Å²) in [6.45, 7) is 4.43. The van der Waals surface area contributed by atoms with Gasteiger partial charge in [-0.1, -0.05) is 61.1 Å². The number of aliphatic hydroxyl groups excluding tert-OH is 1. The van der Waals surface area contributed by atoms with Crippen LogP contribution in [0.2, 0.25) is 0 Å². The summed E-state index contributed by atoms with van der Waals surface area (Å²) in [5.41, 5.74) is 1.46. The normalized spacial score (nSPS) is 23.3. The summed E-state index contributed by atoms with van der Waals surface area (Å²) in [5, 5.41) is 12.3. The Kier molecular flexibility index (Phi) is 8.79. The first-order valence-electron chi connectivity index (χ1n) is 14.9. The number of aliphatic hydroxyl groups is 1. The Morgan fingerprint density at radius 2 is 1.55 bits per heavy atom. The second kappa shape index (κ2) is 11.4. The second-order valence-electron chi connectivity index (χ2n) is 12.5. The molecule has 2 aromatic carbocycles. The van der Waals surface area contributed by atoms with E-state index in [0.717, 1.165) is 18.4 Å². The van der Waals surface area contributed by atoms with Gasteiger partial charge in [0.1, 0.15) is 19.4 Å². The van der Waals surface area contributed by atoms with Crippen LogP contribution in [0.4, 0.5) is 5.69 Å². The molecular formula is C33H48N2O6S. The lowest BCUT2D eigenvalue weighted by Gasteiger charge is -2.75. The average molecular weight is 601 g/mol. The molecule has 0 bridgehead atoms. The summed E-state index contributed by atoms with van der Waals surface area (Å²) in [7, 11) is -1.41. The van der Waals surface area contributed by atoms with Crippen LogP contribution in [0.5, 0.6) is 5.75 Å². The smallest absolute Gasteiger partial charge is 0.168 e. The van der Waals surface area contributed by atoms with Crippen LogP contribution in [0.1, 0.15) is 75.0 Å². The van der Waals surface area contributed by atoms with Crippen molar-refractivity contribution in [3.63, 3.8) is 0 Å². The summed E-state index contributed by atoms with van der Waals surface area (Å²) in [6, 6.07) is 16.0. The molecule has 1 aliphatic heterocycles. The van der Waals surface area contributed by atoms with Crippen molar-refractivity contribution in [2.75, 3.05) is 24.7 Å². The van der Waals surface area contributed by atoms with Crippen molar-refractivity contribution in [2.24, 2.45) is 12.5 Å². The van der Waals surface area contributed by atoms with Crippen molar-refractivity contribution in [3.8, 4) is 5.75 Å². The first kappa shape index (κ1) is 32.3. The van der Waals surface area contributed by atoms with E-state index >= 15 is 0 Å². The quantitative estimate of drug-likeness (QED) is 0.178. The first-order chi connectivity index (χ1) is 19.6. The molecule has 0 fully saturated rings. The number of anilines is 1. The van der Waals surface area contributed by atoms with E-state index in [9.17, 15) is 23.3 Å². The summed E-state index contributed by atoms with van der Waals surface area (Å²) in [6.07, 6.45) is 6.47. The van der Waals surface area contributed by atoms with Crippen molar-refractivity contribution >= 4 is 15.1 Å². The minimum absolute atomic E-state index is 0.235. The predicted octanol–water partition coefficient (Wildman–Crippen LogP) is 6.81. The molecular weight excluding hydrogens is 552 g/mol. The van der Waals surface area contributed by atoms with Gasteiger partial charge in [-0.2, -0.15) is 0 Å². The topological polar surface area (TPSA) is 120 Å². The number of benzene rings is 2. The van der Waals surface area contributed by atoms with E-state index in [1.165, 1.54) is 6.07 Å². The van der Waals surface area contributed by atoms with Crippen molar-refractivity contribution < 1.29 is 32.6 Å². The molecule has 1 aliphatic rings. The van der Waals surface area contributed by atoms with Gasteiger partial charge in [0.25, 0.3) is 0 Å². The monoisotopic (exact) mass is 600 g/mol. The van der Waals surface area contributed by atoms with E-state index in [1.54, 1.807) is 12.1 Å². The van der Waals surface area contributed by atoms with Gasteiger partial charge in [-0.15, -0.1) is 0 Å². The Labute approximate surface area is 249 Å². The van der Waals surface area contributed by atoms with Gasteiger partial charge >= 0.3 is 0 Å². The molecule has 9 heteroatoms. The first-order valence-corrected chi connectivity index (χ1v) is 17.3. The highest BCUT2D eigenvalue weighted by molar-refractivity contribution is 8.48. The van der Waals surface area contributed by atoms with Crippen LogP contribution in [-0.4, -0.2) is 49.3 Å². The number of rotatable bonds is 11. The molecule has 42 heavy (non-hydrogen) atoms. The Morgan fingerprint density at radius 3 is 2.10 bits per heavy atom. The third-order valence-corrected chi connectivity index (χ3v) is 11.4. The van der Waals surface area contributed by atoms with Crippen LogP contribution in [0.25, 0.3) is 0 Å². The molecule has 1 aromatic heterocycles. The summed E-state index contributed by atoms with van der Waals surface area (Å²) < 4.78 is 57.3. The number of fused-ring (bicyclic) bond motifs is 1. The number of pyridine rings is 1. The molecule has 2 heterocycles. The lowest BCUT2D eigenvalue weighted by Crippen LogP contribution is -2.49. The zero-order valence-corrected chi connectivity index (χ0v) is 26.4. The maximum Gasteiger partial charge on any atom is 0.168 e. The van der Waals surface area contributed by atoms with Gasteiger partial charge < -0.3 is 33.0 Å². The SMILES string of the molecule is CCCCC1(CCCC)CS([O-])(O)(O)(O)c2ccc(N(C)C)cc2C(c2ccc(OCc3cc[n+](C)cc3)cc2)C1O. The second-order valence-corrected chi connectivity index (χ2v) is 16.1. The van der Waals surface area contributed by atoms with Crippen LogP contribution in [-0.2, 0) is 13.7 Å². The largest absolute Gasteiger partial charge is 0.767 e. The Hall–Kier alpha value is -2.66. The van der Waals surface area contributed by atoms with Crippen molar-refractivity contribution in [3.05, 3.63) is 83.7 Å². The van der Waals surface area contributed by atoms with Gasteiger partial charge in [0.05, 0.1) is 6.10 Å². The summed E-state index contributed by atoms with van der Waals surface area (Å²) in [4.78, 5) is 1.41. The molecule has 232 valence electrons. The molecule has 0 radical (unpaired) electrons. The third kappa shape index (κ3) is 6.77. The fraction of sp³-hybridized carbons (Fsp3) is 0.485. The van der Waals surface area contributed by atoms with Crippen LogP contribution >= 0.6 is 9.42 Å². The van der Waals surface area contributed by atoms with Gasteiger partial charge in [-0.05, 0) is 54.3 Å². The standard InChI is InChI=1S/C33H48N2O6S/c1-6-8-18-33(19-9-7-2)24-42(37,38,39,40)30-15-12-27(34(3)4)22-29(30)31(32(33)36)26-10-13-28(14-11-26)41-23-25-16-20-35(5)21-17-25/h10-17,20-22,31-32,36H,6-9,18-19,23-24H2,1-5H3,(H3-,37,38,39,40). The maximum atomic E-state index is 14.4. The predicted molar refractivity (Wildman–Crippen MR) is 168 cm³/mol. The van der Waals surface area contributed by atoms with Gasteiger partial charge in [-0.25, -0.2) is 4.57 Å². The number of unbranched alkanes of at least 4 members (excludes halogenated alkanes) is 2. The molecule has 0 spiro atoms. The average Bonchev–Trinajstić information content (AvgIpc) is 2.99. The van der Waals surface area contributed by atoms with Crippen LogP contribution in [0.3, 0.4) is 0 Å². The Bertz CT molecular complexity index is 1360. The van der Waals surface area contributed by atoms with E-state index in [-0.39, 0.29) is 5.56 Å². The molecule has 0 aliphatic carbocycles. The third-order valence-electron chi connectivity index (χ3n) is 8.69. The molecule has 3 aromatic rings. The fourth-order valence-electron chi connectivity index (χ4n) is 6.40. The Balaban J connectivity index is 1.85. The lowest BCUT2D eigenvalue weighted by atomic mass is 9.68. The molecule has 0 amide bonds. The fourth-order valence-corrected chi connectivity index (χ4v) is 9.47. The van der Waals surface area contributed by atoms with Crippen molar-refractivity contribution in [1.82, 2.24) is 0 Å². The lowest BCUT2D eigenvalue weighted by molar-refractivity contribution is -0.671. The van der Waals surface area contributed by atoms with Gasteiger partial charge in [0.2, 0.25) is 0 Å². The molecule has 8 nitrogen and oxygen atoms in total. The Morgan fingerprint density at radius 1 is 0.952 bits per heavy atom. The van der Waals surface area contributed by atoms with Crippen molar-refractivity contribution in [1.29, 1.82) is 0 Å². The molecule has 2 unspecified atom stereocenters. The number of ether oxygens (including phenoxy) is 1. The van der Waals surface area contributed by atoms with Crippen LogP contribution in [0.15, 0.2) is 71.9 Å². The van der Waals surface area contributed by atoms with E-state index in [4.69, 9.17) is 4.74 Å². The van der Waals surface area contributed by atoms with E-state index in [0.29, 0.717) is 49.3 Å². The zero-order valence-electron chi connectivity index (χ0n) is 25.6. The van der Waals surface area contributed by atoms with Crippen LogP contribution < -0.4 is 14.2 Å². The number of aryl methyl sites for hydroxylation is 1. The van der Waals surface area contributed by atoms with Crippen LogP contribution in [0, 0.1) is 5.41 Å². The van der Waals surface area contributed by atoms with Gasteiger partial charge in [0.15, 0.2) is 12.4 Å². The van der Waals surface area contributed by atoms with E-state index in [1.807, 2.05) is 93.2 Å². The highest BCUT2D eigenvalue weighted by atomic mass is 32.4. The molecule has 4 rings (SSSR count). The molecule has 2 atom stereocenters. The zero-order chi connectivity index (χ0) is 30.8. The molecule has 0 saturated heterocycles. The van der Waals surface area contributed by atoms with Crippen molar-refractivity contribution in [2.45, 2.75) is 75.9 Å². The molecule has 4 N–H and O–H groups in total. The van der Waals surface area contributed by atoms with E-state index < -0.39 is 37.5 Å². The number of hydrogen-bond acceptors (Lipinski definition) is 7. The highest BCUT2D eigenvalue weighted by Gasteiger charge is 2.58. The number of hydrogen-bond donors (Lipinski definition) is 4. The highest BCUT2D eigenvalue weighted by Crippen LogP contribution is 2.86. The maximum absolute atomic E-state index is 14.4.